The van der Waals surface area contributed by atoms with E-state index in [-0.39, 0.29) is 36.5 Å². The number of hydrogen-bond acceptors (Lipinski definition) is 13. The number of cyclic esters (lactones) is 1. The normalized spacial score (nSPS) is 39.6. The molecule has 5 heterocycles. The largest absolute Gasteiger partial charge is 0.458 e. The number of morpholine rings is 1. The van der Waals surface area contributed by atoms with Gasteiger partial charge in [-0.15, -0.1) is 0 Å². The van der Waals surface area contributed by atoms with Crippen LogP contribution in [-0.2, 0) is 47.5 Å². The van der Waals surface area contributed by atoms with Crippen molar-refractivity contribution < 1.29 is 61.5 Å². The van der Waals surface area contributed by atoms with E-state index in [1.807, 2.05) is 11.8 Å². The molecule has 0 radical (unpaired) electrons. The smallest absolute Gasteiger partial charge is 0.415 e. The standard InChI is InChI=1S/C41H58FN3O12/c1-11-30-41(8)34(45(39(50)57-41)26-12-13-28(27(42)19-26)44-14-16-52-17-15-44)23(4)31(46)21(2)20-40(7,51-10)35(24(5)32(47)25(6)36(48)54-30)56-37-33-29(18-22(3)53-37)43(9)38(49)55-33/h12-13,19,21-25,29-30,33-35,37H,11,14-18,20H2,1-10H3/t21-,22-,23+,24+,25-,29+,30-,33-,34+,35-,37+,40-,41-/m1/s1. The lowest BCUT2D eigenvalue weighted by Gasteiger charge is -2.46. The van der Waals surface area contributed by atoms with Crippen LogP contribution in [0.1, 0.15) is 74.7 Å². The number of likely N-dealkylation sites (N-methyl/N-ethyl adjacent to an activating group) is 1. The number of fused-ring (bicyclic) bond motifs is 2. The number of methoxy groups -OCH3 is 1. The Morgan fingerprint density at radius 1 is 0.930 bits per heavy atom. The lowest BCUT2D eigenvalue weighted by Crippen LogP contribution is -2.59. The lowest BCUT2D eigenvalue weighted by atomic mass is 9.73. The molecule has 57 heavy (non-hydrogen) atoms. The molecule has 6 rings (SSSR count). The average Bonchev–Trinajstić information content (AvgIpc) is 3.63. The van der Waals surface area contributed by atoms with E-state index in [0.29, 0.717) is 38.4 Å². The number of hydrogen-bond donors (Lipinski definition) is 0. The molecule has 15 nitrogen and oxygen atoms in total. The molecule has 5 fully saturated rings. The highest BCUT2D eigenvalue weighted by Crippen LogP contribution is 2.45. The number of ketones is 2. The van der Waals surface area contributed by atoms with Crippen molar-refractivity contribution in [1.29, 1.82) is 0 Å². The summed E-state index contributed by atoms with van der Waals surface area (Å²) in [6.07, 6.45) is -5.08. The number of rotatable bonds is 6. The van der Waals surface area contributed by atoms with Crippen LogP contribution in [0.15, 0.2) is 18.2 Å². The monoisotopic (exact) mass is 803 g/mol. The van der Waals surface area contributed by atoms with E-state index in [1.165, 1.54) is 29.9 Å². The van der Waals surface area contributed by atoms with Gasteiger partial charge in [0.05, 0.1) is 54.5 Å². The fraction of sp³-hybridized carbons (Fsp3) is 0.732. The second-order valence-corrected chi connectivity index (χ2v) is 16.8. The van der Waals surface area contributed by atoms with Gasteiger partial charge in [-0.05, 0) is 65.2 Å². The third-order valence-electron chi connectivity index (χ3n) is 13.0. The summed E-state index contributed by atoms with van der Waals surface area (Å²) in [6.45, 7) is 15.3. The maximum Gasteiger partial charge on any atom is 0.415 e. The number of ether oxygens (including phenoxy) is 7. The summed E-state index contributed by atoms with van der Waals surface area (Å²) in [4.78, 5) is 74.5. The molecule has 1 aromatic carbocycles. The first-order chi connectivity index (χ1) is 26.9. The van der Waals surface area contributed by atoms with Gasteiger partial charge in [0.1, 0.15) is 23.6 Å². The number of Topliss-reactive ketones (excluding diaryl/α,β-unsaturated/α-hetero) is 2. The SMILES string of the molecule is CC[C@H]1OC(=O)[C@H](C)C(=O)[C@H](C)[C@@H](O[C@@H]2O[C@H](C)C[C@H]3[C@H]2OC(=O)N3C)[C@](C)(OC)C[C@@H](C)C(=O)[C@H](C)[C@@H]2N(c3ccc(N4CCOCC4)c(F)c3)C(=O)O[C@@]21C. The van der Waals surface area contributed by atoms with Crippen LogP contribution in [0.25, 0.3) is 0 Å². The van der Waals surface area contributed by atoms with Gasteiger partial charge < -0.3 is 43.0 Å². The van der Waals surface area contributed by atoms with Crippen molar-refractivity contribution in [3.8, 4) is 0 Å². The highest BCUT2D eigenvalue weighted by Gasteiger charge is 2.61. The summed E-state index contributed by atoms with van der Waals surface area (Å²) >= 11 is 0. The third kappa shape index (κ3) is 7.74. The van der Waals surface area contributed by atoms with Crippen LogP contribution in [0.3, 0.4) is 0 Å². The van der Waals surface area contributed by atoms with Gasteiger partial charge in [-0.3, -0.25) is 19.3 Å². The summed E-state index contributed by atoms with van der Waals surface area (Å²) in [7, 11) is 3.10. The number of anilines is 2. The molecule has 316 valence electrons. The Bertz CT molecular complexity index is 1720. The first kappa shape index (κ1) is 42.7. The maximum atomic E-state index is 15.9. The molecule has 0 unspecified atom stereocenters. The molecule has 16 heteroatoms. The van der Waals surface area contributed by atoms with Crippen molar-refractivity contribution in [2.75, 3.05) is 50.3 Å². The number of nitrogens with zero attached hydrogens (tertiary/aromatic N) is 3. The van der Waals surface area contributed by atoms with Crippen LogP contribution < -0.4 is 9.80 Å². The number of amides is 2. The Morgan fingerprint density at radius 3 is 2.25 bits per heavy atom. The van der Waals surface area contributed by atoms with Gasteiger partial charge in [0.25, 0.3) is 0 Å². The van der Waals surface area contributed by atoms with E-state index < -0.39 is 95.3 Å². The minimum atomic E-state index is -1.60. The summed E-state index contributed by atoms with van der Waals surface area (Å²) < 4.78 is 58.3. The van der Waals surface area contributed by atoms with Gasteiger partial charge in [-0.25, -0.2) is 14.0 Å². The third-order valence-corrected chi connectivity index (χ3v) is 13.0. The molecule has 0 aromatic heterocycles. The van der Waals surface area contributed by atoms with E-state index in [4.69, 9.17) is 33.2 Å². The van der Waals surface area contributed by atoms with Crippen LogP contribution in [0, 0.1) is 29.5 Å². The Balaban J connectivity index is 1.39. The summed E-state index contributed by atoms with van der Waals surface area (Å²) in [5.41, 5.74) is -2.42. The highest BCUT2D eigenvalue weighted by atomic mass is 19.1. The Morgan fingerprint density at radius 2 is 1.61 bits per heavy atom. The average molecular weight is 804 g/mol. The molecule has 0 aliphatic carbocycles. The van der Waals surface area contributed by atoms with E-state index in [2.05, 4.69) is 0 Å². The molecule has 0 bridgehead atoms. The number of esters is 1. The predicted molar refractivity (Wildman–Crippen MR) is 203 cm³/mol. The zero-order valence-corrected chi connectivity index (χ0v) is 34.7. The fourth-order valence-electron chi connectivity index (χ4n) is 9.66. The quantitative estimate of drug-likeness (QED) is 0.217. The van der Waals surface area contributed by atoms with Crippen molar-refractivity contribution >= 4 is 41.1 Å². The summed E-state index contributed by atoms with van der Waals surface area (Å²) in [5.74, 6) is -6.21. The van der Waals surface area contributed by atoms with Crippen LogP contribution in [0.4, 0.5) is 25.4 Å². The van der Waals surface area contributed by atoms with Crippen LogP contribution >= 0.6 is 0 Å². The Hall–Kier alpha value is -3.86. The maximum absolute atomic E-state index is 15.9. The molecule has 5 aliphatic rings. The van der Waals surface area contributed by atoms with E-state index in [0.717, 1.165) is 0 Å². The molecule has 1 aromatic rings. The van der Waals surface area contributed by atoms with Gasteiger partial charge >= 0.3 is 18.2 Å². The summed E-state index contributed by atoms with van der Waals surface area (Å²) in [5, 5.41) is 0. The molecule has 0 spiro atoms. The minimum Gasteiger partial charge on any atom is -0.458 e. The van der Waals surface area contributed by atoms with E-state index in [9.17, 15) is 24.0 Å². The van der Waals surface area contributed by atoms with Crippen molar-refractivity contribution in [1.82, 2.24) is 4.90 Å². The molecule has 13 atom stereocenters. The zero-order valence-electron chi connectivity index (χ0n) is 34.7. The highest BCUT2D eigenvalue weighted by molar-refractivity contribution is 6.00. The van der Waals surface area contributed by atoms with Crippen LogP contribution in [0.2, 0.25) is 0 Å². The van der Waals surface area contributed by atoms with Crippen molar-refractivity contribution in [2.24, 2.45) is 23.7 Å². The zero-order chi connectivity index (χ0) is 41.7. The van der Waals surface area contributed by atoms with Crippen LogP contribution in [-0.4, -0.2) is 129 Å². The van der Waals surface area contributed by atoms with Gasteiger partial charge in [-0.1, -0.05) is 27.7 Å². The number of halogens is 1. The predicted octanol–water partition coefficient (Wildman–Crippen LogP) is 4.90. The Labute approximate surface area is 333 Å². The van der Waals surface area contributed by atoms with Gasteiger partial charge in [-0.2, -0.15) is 0 Å². The summed E-state index contributed by atoms with van der Waals surface area (Å²) in [6, 6.07) is 3.05. The first-order valence-corrected chi connectivity index (χ1v) is 20.1. The van der Waals surface area contributed by atoms with Gasteiger partial charge in [0.15, 0.2) is 23.8 Å². The Kier molecular flexibility index (Phi) is 12.3. The molecular weight excluding hydrogens is 745 g/mol. The lowest BCUT2D eigenvalue weighted by molar-refractivity contribution is -0.284. The second-order valence-electron chi connectivity index (χ2n) is 16.8. The molecule has 0 saturated carbocycles. The molecule has 5 aliphatic heterocycles. The van der Waals surface area contributed by atoms with Crippen molar-refractivity contribution in [2.45, 2.75) is 129 Å². The van der Waals surface area contributed by atoms with E-state index >= 15 is 4.39 Å². The topological polar surface area (TPSA) is 160 Å². The fourth-order valence-corrected chi connectivity index (χ4v) is 9.66. The van der Waals surface area contributed by atoms with Gasteiger partial charge in [0, 0.05) is 45.0 Å². The molecule has 5 saturated heterocycles. The second kappa shape index (κ2) is 16.4. The molecular formula is C41H58FN3O12. The number of carbonyl (C=O) groups is 5. The number of benzene rings is 1. The van der Waals surface area contributed by atoms with Crippen molar-refractivity contribution in [3.05, 3.63) is 24.0 Å². The van der Waals surface area contributed by atoms with Crippen molar-refractivity contribution in [3.63, 3.8) is 0 Å². The molecule has 0 N–H and O–H groups in total. The van der Waals surface area contributed by atoms with E-state index in [1.54, 1.807) is 60.7 Å². The molecule has 2 amide bonds. The van der Waals surface area contributed by atoms with Crippen LogP contribution in [0.5, 0.6) is 0 Å². The minimum absolute atomic E-state index is 0.0438. The first-order valence-electron chi connectivity index (χ1n) is 20.1. The van der Waals surface area contributed by atoms with Gasteiger partial charge in [0.2, 0.25) is 0 Å². The number of carbonyl (C=O) groups excluding carboxylic acids is 5.